The van der Waals surface area contributed by atoms with Crippen LogP contribution in [0.15, 0.2) is 30.6 Å². The first-order valence-corrected chi connectivity index (χ1v) is 7.21. The fourth-order valence-electron chi connectivity index (χ4n) is 2.23. The lowest BCUT2D eigenvalue weighted by molar-refractivity contribution is 0.536. The topological polar surface area (TPSA) is 29.9 Å². The van der Waals surface area contributed by atoms with E-state index in [0.29, 0.717) is 17.6 Å². The third kappa shape index (κ3) is 3.58. The second-order valence-electron chi connectivity index (χ2n) is 4.73. The van der Waals surface area contributed by atoms with Gasteiger partial charge in [0.2, 0.25) is 0 Å². The molecule has 0 saturated heterocycles. The molecular weight excluding hydrogens is 277 g/mol. The van der Waals surface area contributed by atoms with Crippen LogP contribution in [0.25, 0.3) is 0 Å². The summed E-state index contributed by atoms with van der Waals surface area (Å²) < 4.78 is 15.0. The molecule has 0 aliphatic heterocycles. The van der Waals surface area contributed by atoms with Crippen molar-refractivity contribution in [2.45, 2.75) is 32.9 Å². The second-order valence-corrected chi connectivity index (χ2v) is 5.13. The van der Waals surface area contributed by atoms with E-state index in [-0.39, 0.29) is 5.82 Å². The number of nitrogens with zero attached hydrogens (tertiary/aromatic N) is 2. The molecule has 1 unspecified atom stereocenters. The minimum atomic E-state index is -0.282. The van der Waals surface area contributed by atoms with Gasteiger partial charge in [-0.2, -0.15) is 5.10 Å². The van der Waals surface area contributed by atoms with Crippen LogP contribution >= 0.6 is 11.6 Å². The van der Waals surface area contributed by atoms with Gasteiger partial charge in [0.05, 0.1) is 12.7 Å². The van der Waals surface area contributed by atoms with Gasteiger partial charge in [0.1, 0.15) is 5.82 Å². The molecule has 20 heavy (non-hydrogen) atoms. The molecule has 1 aromatic heterocycles. The van der Waals surface area contributed by atoms with Crippen LogP contribution < -0.4 is 5.32 Å². The maximum Gasteiger partial charge on any atom is 0.123 e. The Morgan fingerprint density at radius 3 is 2.90 bits per heavy atom. The van der Waals surface area contributed by atoms with Gasteiger partial charge in [-0.05, 0) is 36.7 Å². The standard InChI is InChI=1S/C15H19ClFN3/c1-3-15(18-4-2)12-8-19-20(10-12)9-11-7-13(17)5-6-14(11)16/h5-8,10,15,18H,3-4,9H2,1-2H3. The van der Waals surface area contributed by atoms with E-state index in [1.165, 1.54) is 12.1 Å². The highest BCUT2D eigenvalue weighted by Crippen LogP contribution is 2.20. The number of rotatable bonds is 6. The minimum absolute atomic E-state index is 0.282. The molecule has 1 aromatic carbocycles. The molecule has 3 nitrogen and oxygen atoms in total. The minimum Gasteiger partial charge on any atom is -0.310 e. The quantitative estimate of drug-likeness (QED) is 0.879. The zero-order valence-corrected chi connectivity index (χ0v) is 12.5. The summed E-state index contributed by atoms with van der Waals surface area (Å²) in [6.07, 6.45) is 4.84. The number of hydrogen-bond acceptors (Lipinski definition) is 2. The summed E-state index contributed by atoms with van der Waals surface area (Å²) >= 11 is 6.07. The van der Waals surface area contributed by atoms with Gasteiger partial charge in [-0.15, -0.1) is 0 Å². The maximum atomic E-state index is 13.2. The van der Waals surface area contributed by atoms with E-state index < -0.39 is 0 Å². The van der Waals surface area contributed by atoms with Gasteiger partial charge in [-0.1, -0.05) is 25.4 Å². The second kappa shape index (κ2) is 6.86. The third-order valence-corrected chi connectivity index (χ3v) is 3.62. The van der Waals surface area contributed by atoms with Crippen LogP contribution in [-0.4, -0.2) is 16.3 Å². The van der Waals surface area contributed by atoms with E-state index in [4.69, 9.17) is 11.6 Å². The smallest absolute Gasteiger partial charge is 0.123 e. The first-order chi connectivity index (χ1) is 9.63. The van der Waals surface area contributed by atoms with E-state index in [1.54, 1.807) is 10.7 Å². The highest BCUT2D eigenvalue weighted by atomic mass is 35.5. The van der Waals surface area contributed by atoms with Crippen molar-refractivity contribution in [2.24, 2.45) is 0 Å². The number of halogens is 2. The van der Waals surface area contributed by atoms with Gasteiger partial charge < -0.3 is 5.32 Å². The lowest BCUT2D eigenvalue weighted by Gasteiger charge is -2.13. The average Bonchev–Trinajstić information content (AvgIpc) is 2.88. The van der Waals surface area contributed by atoms with Gasteiger partial charge in [0, 0.05) is 22.8 Å². The van der Waals surface area contributed by atoms with Crippen molar-refractivity contribution in [3.8, 4) is 0 Å². The van der Waals surface area contributed by atoms with Crippen molar-refractivity contribution >= 4 is 11.6 Å². The Kier molecular flexibility index (Phi) is 5.15. The molecule has 0 aliphatic carbocycles. The van der Waals surface area contributed by atoms with Gasteiger partial charge in [-0.25, -0.2) is 4.39 Å². The largest absolute Gasteiger partial charge is 0.310 e. The van der Waals surface area contributed by atoms with Gasteiger partial charge in [0.25, 0.3) is 0 Å². The van der Waals surface area contributed by atoms with Crippen molar-refractivity contribution < 1.29 is 4.39 Å². The predicted molar refractivity (Wildman–Crippen MR) is 79.4 cm³/mol. The molecule has 108 valence electrons. The van der Waals surface area contributed by atoms with Crippen LogP contribution in [0, 0.1) is 5.82 Å². The highest BCUT2D eigenvalue weighted by molar-refractivity contribution is 6.31. The fourth-order valence-corrected chi connectivity index (χ4v) is 2.41. The van der Waals surface area contributed by atoms with Crippen molar-refractivity contribution in [1.29, 1.82) is 0 Å². The molecule has 0 fully saturated rings. The Hall–Kier alpha value is -1.39. The summed E-state index contributed by atoms with van der Waals surface area (Å²) in [4.78, 5) is 0. The maximum absolute atomic E-state index is 13.2. The SMILES string of the molecule is CCNC(CC)c1cnn(Cc2cc(F)ccc2Cl)c1. The predicted octanol–water partition coefficient (Wildman–Crippen LogP) is 3.78. The normalized spacial score (nSPS) is 12.6. The Labute approximate surface area is 123 Å². The molecule has 5 heteroatoms. The first kappa shape index (κ1) is 15.0. The fraction of sp³-hybridized carbons (Fsp3) is 0.400. The van der Waals surface area contributed by atoms with E-state index in [9.17, 15) is 4.39 Å². The third-order valence-electron chi connectivity index (χ3n) is 3.25. The Morgan fingerprint density at radius 2 is 2.20 bits per heavy atom. The van der Waals surface area contributed by atoms with E-state index >= 15 is 0 Å². The number of benzene rings is 1. The van der Waals surface area contributed by atoms with Crippen molar-refractivity contribution in [1.82, 2.24) is 15.1 Å². The van der Waals surface area contributed by atoms with E-state index in [2.05, 4.69) is 24.3 Å². The van der Waals surface area contributed by atoms with Crippen LogP contribution in [0.2, 0.25) is 5.02 Å². The van der Waals surface area contributed by atoms with Crippen LogP contribution in [0.3, 0.4) is 0 Å². The molecule has 0 spiro atoms. The molecule has 1 atom stereocenters. The van der Waals surface area contributed by atoms with Crippen molar-refractivity contribution in [3.05, 3.63) is 52.6 Å². The summed E-state index contributed by atoms with van der Waals surface area (Å²) in [7, 11) is 0. The summed E-state index contributed by atoms with van der Waals surface area (Å²) in [5.74, 6) is -0.282. The van der Waals surface area contributed by atoms with Gasteiger partial charge in [-0.3, -0.25) is 4.68 Å². The summed E-state index contributed by atoms with van der Waals surface area (Å²) in [5, 5.41) is 8.29. The van der Waals surface area contributed by atoms with E-state index in [1.807, 2.05) is 12.4 Å². The Morgan fingerprint density at radius 1 is 1.40 bits per heavy atom. The van der Waals surface area contributed by atoms with Gasteiger partial charge in [0.15, 0.2) is 0 Å². The van der Waals surface area contributed by atoms with Crippen LogP contribution in [0.1, 0.15) is 37.4 Å². The number of aromatic nitrogens is 2. The zero-order valence-electron chi connectivity index (χ0n) is 11.7. The van der Waals surface area contributed by atoms with Crippen molar-refractivity contribution in [2.75, 3.05) is 6.54 Å². The number of hydrogen-bond donors (Lipinski definition) is 1. The van der Waals surface area contributed by atoms with Gasteiger partial charge >= 0.3 is 0 Å². The summed E-state index contributed by atoms with van der Waals surface area (Å²) in [5.41, 5.74) is 1.87. The van der Waals surface area contributed by atoms with E-state index in [0.717, 1.165) is 24.1 Å². The highest BCUT2D eigenvalue weighted by Gasteiger charge is 2.11. The van der Waals surface area contributed by atoms with Crippen LogP contribution in [0.5, 0.6) is 0 Å². The molecular formula is C15H19ClFN3. The Bertz CT molecular complexity index is 568. The lowest BCUT2D eigenvalue weighted by Crippen LogP contribution is -2.19. The number of nitrogens with one attached hydrogen (secondary N) is 1. The molecule has 2 aromatic rings. The monoisotopic (exact) mass is 295 g/mol. The first-order valence-electron chi connectivity index (χ1n) is 6.83. The average molecular weight is 296 g/mol. The molecule has 2 rings (SSSR count). The summed E-state index contributed by atoms with van der Waals surface area (Å²) in [6.45, 7) is 5.60. The Balaban J connectivity index is 2.14. The molecule has 0 amide bonds. The molecule has 1 heterocycles. The summed E-state index contributed by atoms with van der Waals surface area (Å²) in [6, 6.07) is 4.69. The molecule has 0 aliphatic rings. The molecule has 0 radical (unpaired) electrons. The molecule has 0 bridgehead atoms. The van der Waals surface area contributed by atoms with Crippen LogP contribution in [-0.2, 0) is 6.54 Å². The lowest BCUT2D eigenvalue weighted by atomic mass is 10.1. The molecule has 1 N–H and O–H groups in total. The van der Waals surface area contributed by atoms with Crippen LogP contribution in [0.4, 0.5) is 4.39 Å². The molecule has 0 saturated carbocycles. The van der Waals surface area contributed by atoms with Crippen molar-refractivity contribution in [3.63, 3.8) is 0 Å². The zero-order chi connectivity index (χ0) is 14.5.